The van der Waals surface area contributed by atoms with Gasteiger partial charge in [0.15, 0.2) is 0 Å². The van der Waals surface area contributed by atoms with Crippen LogP contribution in [0.15, 0.2) is 18.7 Å². The maximum atomic E-state index is 11.7. The molecule has 102 valence electrons. The molecule has 0 spiro atoms. The van der Waals surface area contributed by atoms with E-state index in [1.54, 1.807) is 19.6 Å². The number of ether oxygens (including phenoxy) is 1. The fourth-order valence-corrected chi connectivity index (χ4v) is 1.50. The Morgan fingerprint density at radius 2 is 2.33 bits per heavy atom. The molecule has 1 rings (SSSR count). The molecule has 18 heavy (non-hydrogen) atoms. The number of carbonyl (C=O) groups excluding carboxylic acids is 1. The molecule has 0 aliphatic heterocycles. The monoisotopic (exact) mass is 254 g/mol. The van der Waals surface area contributed by atoms with Crippen molar-refractivity contribution < 1.29 is 9.53 Å². The van der Waals surface area contributed by atoms with E-state index >= 15 is 0 Å². The van der Waals surface area contributed by atoms with Gasteiger partial charge in [0.05, 0.1) is 12.4 Å². The van der Waals surface area contributed by atoms with Gasteiger partial charge in [-0.1, -0.05) is 0 Å². The summed E-state index contributed by atoms with van der Waals surface area (Å²) in [6.45, 7) is 4.73. The molecule has 0 radical (unpaired) electrons. The molecule has 6 heteroatoms. The molecule has 2 N–H and O–H groups in total. The predicted molar refractivity (Wildman–Crippen MR) is 69.2 cm³/mol. The zero-order valence-electron chi connectivity index (χ0n) is 11.1. The Morgan fingerprint density at radius 3 is 3.00 bits per heavy atom. The molecule has 0 saturated carbocycles. The van der Waals surface area contributed by atoms with Gasteiger partial charge in [-0.3, -0.25) is 4.79 Å². The standard InChI is InChI=1S/C12H22N4O2/c1-11(12(17)15-4-3-9-18-2)14-6-8-16-7-5-13-10-16/h5,7,10-11,14H,3-4,6,8-9H2,1-2H3,(H,15,17). The van der Waals surface area contributed by atoms with E-state index in [1.165, 1.54) is 0 Å². The minimum Gasteiger partial charge on any atom is -0.385 e. The predicted octanol–water partition coefficient (Wildman–Crippen LogP) is 0.0139. The largest absolute Gasteiger partial charge is 0.385 e. The fourth-order valence-electron chi connectivity index (χ4n) is 1.50. The Bertz CT molecular complexity index is 327. The van der Waals surface area contributed by atoms with E-state index in [0.717, 1.165) is 19.5 Å². The Balaban J connectivity index is 2.08. The molecule has 1 aromatic rings. The summed E-state index contributed by atoms with van der Waals surface area (Å²) in [7, 11) is 1.65. The number of rotatable bonds is 9. The van der Waals surface area contributed by atoms with Crippen LogP contribution in [0.1, 0.15) is 13.3 Å². The van der Waals surface area contributed by atoms with Gasteiger partial charge in [0.1, 0.15) is 0 Å². The maximum absolute atomic E-state index is 11.7. The maximum Gasteiger partial charge on any atom is 0.236 e. The van der Waals surface area contributed by atoms with Crippen molar-refractivity contribution >= 4 is 5.91 Å². The quantitative estimate of drug-likeness (QED) is 0.609. The van der Waals surface area contributed by atoms with Gasteiger partial charge in [0.2, 0.25) is 5.91 Å². The average molecular weight is 254 g/mol. The van der Waals surface area contributed by atoms with Gasteiger partial charge in [0.25, 0.3) is 0 Å². The Labute approximate surface area is 108 Å². The molecule has 1 unspecified atom stereocenters. The second kappa shape index (κ2) is 8.66. The van der Waals surface area contributed by atoms with Crippen molar-refractivity contribution in [2.24, 2.45) is 0 Å². The summed E-state index contributed by atoms with van der Waals surface area (Å²) in [5.74, 6) is 0.0248. The van der Waals surface area contributed by atoms with E-state index in [9.17, 15) is 4.79 Å². The number of amides is 1. The van der Waals surface area contributed by atoms with E-state index in [1.807, 2.05) is 17.7 Å². The lowest BCUT2D eigenvalue weighted by Crippen LogP contribution is -2.43. The van der Waals surface area contributed by atoms with E-state index in [-0.39, 0.29) is 11.9 Å². The highest BCUT2D eigenvalue weighted by Crippen LogP contribution is 1.87. The molecular formula is C12H22N4O2. The number of methoxy groups -OCH3 is 1. The Morgan fingerprint density at radius 1 is 1.50 bits per heavy atom. The van der Waals surface area contributed by atoms with Crippen LogP contribution in [0, 0.1) is 0 Å². The first-order valence-electron chi connectivity index (χ1n) is 6.20. The van der Waals surface area contributed by atoms with Crippen molar-refractivity contribution in [2.75, 3.05) is 26.8 Å². The van der Waals surface area contributed by atoms with Gasteiger partial charge in [-0.2, -0.15) is 0 Å². The molecule has 1 amide bonds. The van der Waals surface area contributed by atoms with Crippen molar-refractivity contribution in [3.63, 3.8) is 0 Å². The van der Waals surface area contributed by atoms with Crippen LogP contribution < -0.4 is 10.6 Å². The Hall–Kier alpha value is -1.40. The van der Waals surface area contributed by atoms with Gasteiger partial charge < -0.3 is 19.9 Å². The lowest BCUT2D eigenvalue weighted by Gasteiger charge is -2.14. The van der Waals surface area contributed by atoms with E-state index in [0.29, 0.717) is 13.2 Å². The zero-order valence-corrected chi connectivity index (χ0v) is 11.1. The minimum atomic E-state index is -0.184. The summed E-state index contributed by atoms with van der Waals surface area (Å²) in [4.78, 5) is 15.6. The van der Waals surface area contributed by atoms with Gasteiger partial charge in [-0.25, -0.2) is 4.98 Å². The third kappa shape index (κ3) is 5.79. The second-order valence-corrected chi connectivity index (χ2v) is 4.11. The summed E-state index contributed by atoms with van der Waals surface area (Å²) < 4.78 is 6.88. The van der Waals surface area contributed by atoms with Crippen molar-refractivity contribution in [1.29, 1.82) is 0 Å². The van der Waals surface area contributed by atoms with E-state index < -0.39 is 0 Å². The molecule has 0 saturated heterocycles. The molecular weight excluding hydrogens is 232 g/mol. The van der Waals surface area contributed by atoms with Gasteiger partial charge in [-0.15, -0.1) is 0 Å². The van der Waals surface area contributed by atoms with Crippen LogP contribution in [0.5, 0.6) is 0 Å². The fraction of sp³-hybridized carbons (Fsp3) is 0.667. The lowest BCUT2D eigenvalue weighted by atomic mass is 10.3. The molecule has 1 atom stereocenters. The number of hydrogen-bond acceptors (Lipinski definition) is 4. The summed E-state index contributed by atoms with van der Waals surface area (Å²) >= 11 is 0. The molecule has 0 aliphatic rings. The van der Waals surface area contributed by atoms with Crippen molar-refractivity contribution in [1.82, 2.24) is 20.2 Å². The zero-order chi connectivity index (χ0) is 13.2. The number of nitrogens with zero attached hydrogens (tertiary/aromatic N) is 2. The lowest BCUT2D eigenvalue weighted by molar-refractivity contribution is -0.122. The SMILES string of the molecule is COCCCNC(=O)C(C)NCCn1ccnc1. The molecule has 0 aromatic carbocycles. The van der Waals surface area contributed by atoms with Crippen molar-refractivity contribution in [2.45, 2.75) is 25.9 Å². The third-order valence-corrected chi connectivity index (χ3v) is 2.60. The second-order valence-electron chi connectivity index (χ2n) is 4.11. The van der Waals surface area contributed by atoms with Crippen molar-refractivity contribution in [3.05, 3.63) is 18.7 Å². The molecule has 6 nitrogen and oxygen atoms in total. The van der Waals surface area contributed by atoms with E-state index in [2.05, 4.69) is 15.6 Å². The first kappa shape index (κ1) is 14.7. The topological polar surface area (TPSA) is 68.2 Å². The number of imidazole rings is 1. The normalized spacial score (nSPS) is 12.3. The minimum absolute atomic E-state index is 0.0248. The van der Waals surface area contributed by atoms with Gasteiger partial charge >= 0.3 is 0 Å². The van der Waals surface area contributed by atoms with Crippen LogP contribution in [0.4, 0.5) is 0 Å². The number of nitrogens with one attached hydrogen (secondary N) is 2. The first-order chi connectivity index (χ1) is 8.74. The summed E-state index contributed by atoms with van der Waals surface area (Å²) in [5.41, 5.74) is 0. The van der Waals surface area contributed by atoms with E-state index in [4.69, 9.17) is 4.74 Å². The van der Waals surface area contributed by atoms with Crippen LogP contribution in [0.3, 0.4) is 0 Å². The number of carbonyl (C=O) groups is 1. The molecule has 0 fully saturated rings. The highest BCUT2D eigenvalue weighted by molar-refractivity contribution is 5.81. The van der Waals surface area contributed by atoms with Crippen LogP contribution >= 0.6 is 0 Å². The average Bonchev–Trinajstić information content (AvgIpc) is 2.87. The third-order valence-electron chi connectivity index (χ3n) is 2.60. The smallest absolute Gasteiger partial charge is 0.236 e. The van der Waals surface area contributed by atoms with Crippen LogP contribution in [-0.4, -0.2) is 48.3 Å². The van der Waals surface area contributed by atoms with Crippen molar-refractivity contribution in [3.8, 4) is 0 Å². The van der Waals surface area contributed by atoms with Crippen LogP contribution in [0.2, 0.25) is 0 Å². The molecule has 1 aromatic heterocycles. The highest BCUT2D eigenvalue weighted by Gasteiger charge is 2.10. The number of aromatic nitrogens is 2. The number of hydrogen-bond donors (Lipinski definition) is 2. The molecule has 1 heterocycles. The van der Waals surface area contributed by atoms with Crippen LogP contribution in [-0.2, 0) is 16.1 Å². The summed E-state index contributed by atoms with van der Waals surface area (Å²) in [5, 5.41) is 6.03. The molecule has 0 aliphatic carbocycles. The first-order valence-corrected chi connectivity index (χ1v) is 6.20. The van der Waals surface area contributed by atoms with Gasteiger partial charge in [-0.05, 0) is 13.3 Å². The summed E-state index contributed by atoms with van der Waals surface area (Å²) in [6.07, 6.45) is 6.24. The van der Waals surface area contributed by atoms with Crippen LogP contribution in [0.25, 0.3) is 0 Å². The molecule has 0 bridgehead atoms. The highest BCUT2D eigenvalue weighted by atomic mass is 16.5. The summed E-state index contributed by atoms with van der Waals surface area (Å²) in [6, 6.07) is -0.184. The Kier molecular flexibility index (Phi) is 7.05. The van der Waals surface area contributed by atoms with Gasteiger partial charge in [0, 0.05) is 45.7 Å².